The molecule has 1 rings (SSSR count). The number of aliphatic carboxylic acids is 1. The van der Waals surface area contributed by atoms with Gasteiger partial charge in [0.25, 0.3) is 0 Å². The van der Waals surface area contributed by atoms with Crippen molar-refractivity contribution in [2.45, 2.75) is 144 Å². The molecule has 1 aromatic carbocycles. The van der Waals surface area contributed by atoms with Crippen molar-refractivity contribution in [2.75, 3.05) is 39.9 Å². The van der Waals surface area contributed by atoms with Gasteiger partial charge in [-0.2, -0.15) is 0 Å². The van der Waals surface area contributed by atoms with Gasteiger partial charge in [-0.1, -0.05) is 76.9 Å². The molecule has 0 spiro atoms. The van der Waals surface area contributed by atoms with Crippen molar-refractivity contribution >= 4 is 64.8 Å². The Morgan fingerprint density at radius 1 is 0.924 bits per heavy atom. The minimum atomic E-state index is -1.21. The molecule has 0 aliphatic rings. The van der Waals surface area contributed by atoms with E-state index in [0.29, 0.717) is 34.9 Å². The lowest BCUT2D eigenvalue weighted by molar-refractivity contribution is -0.157. The number of likely N-dealkylation sites (N-methyl/N-ethyl adjacent to an activating group) is 3. The van der Waals surface area contributed by atoms with Gasteiger partial charge < -0.3 is 45.6 Å². The molecule has 8 atom stereocenters. The van der Waals surface area contributed by atoms with Crippen LogP contribution in [0.25, 0.3) is 0 Å². The maximum atomic E-state index is 14.1. The molecule has 0 aromatic heterocycles. The van der Waals surface area contributed by atoms with Crippen molar-refractivity contribution in [3.8, 4) is 0 Å². The second-order valence-corrected chi connectivity index (χ2v) is 19.5. The first-order valence-corrected chi connectivity index (χ1v) is 24.2. The second-order valence-electron chi connectivity index (χ2n) is 18.2. The number of carboxylic acids is 1. The predicted molar refractivity (Wildman–Crippen MR) is 260 cm³/mol. The highest BCUT2D eigenvalue weighted by Gasteiger charge is 2.37. The van der Waals surface area contributed by atoms with Gasteiger partial charge in [-0.3, -0.25) is 28.8 Å². The average molecular weight is 966 g/mol. The van der Waals surface area contributed by atoms with E-state index in [4.69, 9.17) is 26.8 Å². The van der Waals surface area contributed by atoms with Crippen molar-refractivity contribution in [3.05, 3.63) is 58.1 Å². The van der Waals surface area contributed by atoms with Crippen molar-refractivity contribution in [1.29, 1.82) is 0 Å². The summed E-state index contributed by atoms with van der Waals surface area (Å²) in [6.45, 7) is 18.8. The van der Waals surface area contributed by atoms with E-state index in [0.717, 1.165) is 10.5 Å². The number of carbonyl (C=O) groups excluding carboxylic acids is 6. The minimum absolute atomic E-state index is 0.0304. The maximum absolute atomic E-state index is 14.1. The number of nitrogens with zero attached hydrogens (tertiary/aromatic N) is 3. The maximum Gasteiger partial charge on any atom is 0.326 e. The highest BCUT2D eigenvalue weighted by Crippen LogP contribution is 2.27. The Morgan fingerprint density at radius 3 is 2.02 bits per heavy atom. The molecule has 5 amide bonds. The van der Waals surface area contributed by atoms with Crippen LogP contribution in [-0.4, -0.2) is 143 Å². The quantitative estimate of drug-likeness (QED) is 0.0375. The summed E-state index contributed by atoms with van der Waals surface area (Å²) in [5.41, 5.74) is 6.68. The number of carboxylic acid groups (broad SMARTS) is 1. The van der Waals surface area contributed by atoms with E-state index in [1.54, 1.807) is 65.0 Å². The van der Waals surface area contributed by atoms with Gasteiger partial charge in [0.1, 0.15) is 35.8 Å². The first kappa shape index (κ1) is 59.6. The van der Waals surface area contributed by atoms with E-state index >= 15 is 0 Å². The van der Waals surface area contributed by atoms with Crippen molar-refractivity contribution in [1.82, 2.24) is 25.3 Å². The molecule has 66 heavy (non-hydrogen) atoms. The third-order valence-electron chi connectivity index (χ3n) is 11.6. The monoisotopic (exact) mass is 965 g/mol. The smallest absolute Gasteiger partial charge is 0.326 e. The zero-order chi connectivity index (χ0) is 50.8. The van der Waals surface area contributed by atoms with Crippen molar-refractivity contribution in [2.24, 2.45) is 23.5 Å². The summed E-state index contributed by atoms with van der Waals surface area (Å²) < 4.78 is 12.1. The number of carbonyl (C=O) groups is 7. The molecular weight excluding hydrogens is 888 g/mol. The van der Waals surface area contributed by atoms with E-state index in [2.05, 4.69) is 10.6 Å². The molecule has 0 heterocycles. The van der Waals surface area contributed by atoms with Crippen LogP contribution < -0.4 is 16.4 Å². The number of halogens is 1. The molecule has 0 radical (unpaired) electrons. The fraction of sp³-hybridized carbons (Fsp3) is 0.646. The highest BCUT2D eigenvalue weighted by atomic mass is 35.5. The number of amides is 5. The van der Waals surface area contributed by atoms with Gasteiger partial charge in [0.2, 0.25) is 29.5 Å². The predicted octanol–water partition coefficient (Wildman–Crippen LogP) is 5.45. The highest BCUT2D eigenvalue weighted by molar-refractivity contribution is 7.98. The van der Waals surface area contributed by atoms with Gasteiger partial charge in [-0.05, 0) is 95.7 Å². The largest absolute Gasteiger partial charge is 0.480 e. The number of allylic oxidation sites excluding steroid dienone is 1. The molecule has 0 aliphatic carbocycles. The number of nitrogens with two attached hydrogens (primary N) is 1. The fourth-order valence-corrected chi connectivity index (χ4v) is 7.47. The third kappa shape index (κ3) is 18.7. The Morgan fingerprint density at radius 2 is 1.52 bits per heavy atom. The molecule has 372 valence electrons. The standard InChI is InChI=1S/C48H77ClN6O10S/c1-16-29(5)40(46(61)62)52-39(56)26-53(12)45(60)37(25-34-19-21-35(49)22-20-34)55(14)44(59)33(9)51-42(57)36(24-28(3)4)54(13)43(58)31(7)18-23-38(64-27-66-15)32(8)41(30(6)17-2)65-47(63)48(10,11)50/h17-22,28-29,32-33,36-38,40-41H,16,23-27,50H2,1-15H3,(H,51,57)(H,52,56)(H,61,62)/b30-17+,31-18+. The summed E-state index contributed by atoms with van der Waals surface area (Å²) in [5.74, 6) is -5.00. The number of hydrogen-bond donors (Lipinski definition) is 4. The number of thioether (sulfide) groups is 1. The van der Waals surface area contributed by atoms with Gasteiger partial charge in [0.15, 0.2) is 0 Å². The van der Waals surface area contributed by atoms with E-state index in [-0.39, 0.29) is 30.6 Å². The van der Waals surface area contributed by atoms with E-state index in [1.807, 2.05) is 47.0 Å². The molecule has 0 fully saturated rings. The normalized spacial score (nSPS) is 15.8. The summed E-state index contributed by atoms with van der Waals surface area (Å²) in [7, 11) is 4.35. The molecule has 16 nitrogen and oxygen atoms in total. The zero-order valence-corrected chi connectivity index (χ0v) is 43.3. The molecule has 0 saturated heterocycles. The first-order chi connectivity index (χ1) is 30.6. The van der Waals surface area contributed by atoms with E-state index in [9.17, 15) is 38.7 Å². The Kier molecular flexibility index (Phi) is 25.3. The SMILES string of the molecule is C/C=C(\C)C(OC(=O)C(C)(C)N)C(C)C(C/C=C(\C)C(=O)N(C)C(CC(C)C)C(=O)NC(C)C(=O)N(C)C(Cc1ccc(Cl)cc1)C(=O)N(C)CC(=O)NC(C(=O)O)C(C)CC)OCSC. The van der Waals surface area contributed by atoms with Gasteiger partial charge in [-0.25, -0.2) is 4.79 Å². The van der Waals surface area contributed by atoms with Crippen LogP contribution in [-0.2, 0) is 49.5 Å². The lowest BCUT2D eigenvalue weighted by Gasteiger charge is -2.34. The molecule has 1 aromatic rings. The molecule has 5 N–H and O–H groups in total. The van der Waals surface area contributed by atoms with Crippen LogP contribution in [0.5, 0.6) is 0 Å². The van der Waals surface area contributed by atoms with Crippen LogP contribution >= 0.6 is 23.4 Å². The summed E-state index contributed by atoms with van der Waals surface area (Å²) in [6.07, 6.45) is 5.50. The molecule has 0 bridgehead atoms. The second kappa shape index (κ2) is 28.0. The van der Waals surface area contributed by atoms with Gasteiger partial charge in [0.05, 0.1) is 18.6 Å². The number of ether oxygens (including phenoxy) is 2. The van der Waals surface area contributed by atoms with Crippen LogP contribution in [0.1, 0.15) is 101 Å². The minimum Gasteiger partial charge on any atom is -0.480 e. The molecule has 0 saturated carbocycles. The van der Waals surface area contributed by atoms with Gasteiger partial charge in [-0.15, -0.1) is 11.8 Å². The van der Waals surface area contributed by atoms with Crippen molar-refractivity contribution in [3.63, 3.8) is 0 Å². The molecule has 8 unspecified atom stereocenters. The number of benzene rings is 1. The van der Waals surface area contributed by atoms with E-state index in [1.165, 1.54) is 49.6 Å². The lowest BCUT2D eigenvalue weighted by atomic mass is 9.90. The van der Waals surface area contributed by atoms with Crippen LogP contribution in [0.4, 0.5) is 0 Å². The van der Waals surface area contributed by atoms with Crippen LogP contribution in [0.15, 0.2) is 47.6 Å². The summed E-state index contributed by atoms with van der Waals surface area (Å²) in [6, 6.07) is 2.28. The molecular formula is C48H77ClN6O10S. The number of esters is 1. The third-order valence-corrected chi connectivity index (χ3v) is 12.3. The fourth-order valence-electron chi connectivity index (χ4n) is 7.03. The van der Waals surface area contributed by atoms with Crippen LogP contribution in [0.2, 0.25) is 5.02 Å². The molecule has 18 heteroatoms. The van der Waals surface area contributed by atoms with Gasteiger partial charge >= 0.3 is 11.9 Å². The first-order valence-electron chi connectivity index (χ1n) is 22.4. The summed E-state index contributed by atoms with van der Waals surface area (Å²) >= 11 is 7.60. The van der Waals surface area contributed by atoms with Crippen LogP contribution in [0, 0.1) is 17.8 Å². The average Bonchev–Trinajstić information content (AvgIpc) is 3.26. The Balaban J connectivity index is 3.39. The number of nitrogens with one attached hydrogen (secondary N) is 2. The lowest BCUT2D eigenvalue weighted by Crippen LogP contribution is -2.57. The topological polar surface area (TPSA) is 218 Å². The molecule has 0 aliphatic heterocycles. The van der Waals surface area contributed by atoms with Gasteiger partial charge in [0, 0.05) is 44.1 Å². The number of rotatable bonds is 27. The summed E-state index contributed by atoms with van der Waals surface area (Å²) in [4.78, 5) is 97.8. The number of hydrogen-bond acceptors (Lipinski definition) is 11. The van der Waals surface area contributed by atoms with E-state index < -0.39 is 89.9 Å². The Labute approximate surface area is 402 Å². The van der Waals surface area contributed by atoms with Crippen LogP contribution in [0.3, 0.4) is 0 Å². The zero-order valence-electron chi connectivity index (χ0n) is 41.7. The van der Waals surface area contributed by atoms with Crippen molar-refractivity contribution < 1.29 is 48.1 Å². The summed E-state index contributed by atoms with van der Waals surface area (Å²) in [5, 5.41) is 15.4. The Hall–Kier alpha value is -4.45. The Bertz CT molecular complexity index is 1870.